The highest BCUT2D eigenvalue weighted by Gasteiger charge is 2.35. The van der Waals surface area contributed by atoms with Gasteiger partial charge in [0.15, 0.2) is 11.5 Å². The fourth-order valence-electron chi connectivity index (χ4n) is 3.77. The van der Waals surface area contributed by atoms with E-state index >= 15 is 0 Å². The Morgan fingerprint density at radius 1 is 1.09 bits per heavy atom. The normalized spacial score (nSPS) is 15.4. The maximum atomic E-state index is 12.6. The lowest BCUT2D eigenvalue weighted by Crippen LogP contribution is -2.30. The highest BCUT2D eigenvalue weighted by molar-refractivity contribution is 6.31. The van der Waals surface area contributed by atoms with Gasteiger partial charge < -0.3 is 14.4 Å². The summed E-state index contributed by atoms with van der Waals surface area (Å²) >= 11 is 6.21. The van der Waals surface area contributed by atoms with E-state index in [1.807, 2.05) is 67.6 Å². The second-order valence-electron chi connectivity index (χ2n) is 7.99. The molecule has 3 aromatic rings. The van der Waals surface area contributed by atoms with Gasteiger partial charge in [0, 0.05) is 29.2 Å². The summed E-state index contributed by atoms with van der Waals surface area (Å²) in [5.41, 5.74) is 4.94. The van der Waals surface area contributed by atoms with Crippen molar-refractivity contribution in [2.24, 2.45) is 11.0 Å². The van der Waals surface area contributed by atoms with Crippen LogP contribution in [-0.4, -0.2) is 31.2 Å². The molecule has 1 aliphatic rings. The maximum Gasteiger partial charge on any atom is 0.245 e. The van der Waals surface area contributed by atoms with Gasteiger partial charge in [0.25, 0.3) is 0 Å². The predicted molar refractivity (Wildman–Crippen MR) is 136 cm³/mol. The smallest absolute Gasteiger partial charge is 0.245 e. The molecule has 1 fully saturated rings. The van der Waals surface area contributed by atoms with Crippen LogP contribution in [0, 0.1) is 5.92 Å². The number of halogens is 1. The molecule has 2 amide bonds. The maximum absolute atomic E-state index is 12.6. The lowest BCUT2D eigenvalue weighted by atomic mass is 10.1. The van der Waals surface area contributed by atoms with E-state index in [1.54, 1.807) is 17.0 Å². The van der Waals surface area contributed by atoms with Crippen molar-refractivity contribution in [2.75, 3.05) is 18.1 Å². The van der Waals surface area contributed by atoms with E-state index < -0.39 is 5.92 Å². The van der Waals surface area contributed by atoms with Crippen LogP contribution in [0.3, 0.4) is 0 Å². The number of carbonyl (C=O) groups excluding carboxylic acids is 2. The first-order valence-corrected chi connectivity index (χ1v) is 11.7. The first-order valence-electron chi connectivity index (χ1n) is 11.4. The average molecular weight is 492 g/mol. The van der Waals surface area contributed by atoms with E-state index in [9.17, 15) is 9.59 Å². The van der Waals surface area contributed by atoms with Crippen LogP contribution in [0.4, 0.5) is 5.69 Å². The number of ether oxygens (including phenoxy) is 2. The van der Waals surface area contributed by atoms with Crippen LogP contribution in [0.15, 0.2) is 77.9 Å². The number of para-hydroxylation sites is 1. The predicted octanol–water partition coefficient (Wildman–Crippen LogP) is 4.82. The van der Waals surface area contributed by atoms with Crippen LogP contribution in [0.25, 0.3) is 0 Å². The minimum Gasteiger partial charge on any atom is -0.490 e. The Hall–Kier alpha value is -3.84. The number of anilines is 1. The van der Waals surface area contributed by atoms with Gasteiger partial charge in [-0.25, -0.2) is 5.43 Å². The molecule has 1 saturated heterocycles. The SMILES string of the molecule is CCOc1cc(/C=N\NC(=O)[C@H]2CC(=O)N(c3ccccc3)C2)ccc1OCc1ccccc1Cl. The van der Waals surface area contributed by atoms with Gasteiger partial charge >= 0.3 is 0 Å². The lowest BCUT2D eigenvalue weighted by molar-refractivity contribution is -0.126. The van der Waals surface area contributed by atoms with E-state index in [-0.39, 0.29) is 18.2 Å². The first-order chi connectivity index (χ1) is 17.0. The molecule has 1 aliphatic heterocycles. The van der Waals surface area contributed by atoms with Crippen molar-refractivity contribution >= 4 is 35.3 Å². The Labute approximate surface area is 209 Å². The Kier molecular flexibility index (Phi) is 8.00. The molecular formula is C27H26ClN3O4. The number of amides is 2. The molecule has 0 aromatic heterocycles. The number of nitrogens with one attached hydrogen (secondary N) is 1. The second kappa shape index (κ2) is 11.5. The number of hydrogen-bond acceptors (Lipinski definition) is 5. The topological polar surface area (TPSA) is 80.2 Å². The molecule has 35 heavy (non-hydrogen) atoms. The number of hydrazone groups is 1. The Bertz CT molecular complexity index is 1220. The molecule has 0 radical (unpaired) electrons. The summed E-state index contributed by atoms with van der Waals surface area (Å²) < 4.78 is 11.6. The summed E-state index contributed by atoms with van der Waals surface area (Å²) in [5, 5.41) is 4.72. The fraction of sp³-hybridized carbons (Fsp3) is 0.222. The molecule has 4 rings (SSSR count). The van der Waals surface area contributed by atoms with Crippen molar-refractivity contribution in [3.8, 4) is 11.5 Å². The largest absolute Gasteiger partial charge is 0.490 e. The molecule has 1 heterocycles. The Balaban J connectivity index is 1.36. The summed E-state index contributed by atoms with van der Waals surface area (Å²) in [6, 6.07) is 22.2. The monoisotopic (exact) mass is 491 g/mol. The molecule has 0 unspecified atom stereocenters. The van der Waals surface area contributed by atoms with Crippen LogP contribution in [0.1, 0.15) is 24.5 Å². The zero-order chi connectivity index (χ0) is 24.6. The van der Waals surface area contributed by atoms with E-state index in [1.165, 1.54) is 6.21 Å². The summed E-state index contributed by atoms with van der Waals surface area (Å²) in [7, 11) is 0. The van der Waals surface area contributed by atoms with E-state index in [2.05, 4.69) is 10.5 Å². The molecule has 0 spiro atoms. The van der Waals surface area contributed by atoms with Crippen LogP contribution in [-0.2, 0) is 16.2 Å². The van der Waals surface area contributed by atoms with Gasteiger partial charge in [-0.3, -0.25) is 9.59 Å². The van der Waals surface area contributed by atoms with Gasteiger partial charge in [-0.15, -0.1) is 0 Å². The van der Waals surface area contributed by atoms with Gasteiger partial charge in [-0.1, -0.05) is 48.0 Å². The second-order valence-corrected chi connectivity index (χ2v) is 8.40. The highest BCUT2D eigenvalue weighted by atomic mass is 35.5. The van der Waals surface area contributed by atoms with Crippen molar-refractivity contribution in [3.05, 3.63) is 88.9 Å². The third kappa shape index (κ3) is 6.19. The molecule has 1 atom stereocenters. The summed E-state index contributed by atoms with van der Waals surface area (Å²) in [6.07, 6.45) is 1.69. The molecule has 1 N–H and O–H groups in total. The third-order valence-electron chi connectivity index (χ3n) is 5.56. The molecule has 0 bridgehead atoms. The lowest BCUT2D eigenvalue weighted by Gasteiger charge is -2.16. The van der Waals surface area contributed by atoms with Gasteiger partial charge in [0.2, 0.25) is 11.8 Å². The zero-order valence-electron chi connectivity index (χ0n) is 19.3. The Morgan fingerprint density at radius 2 is 1.86 bits per heavy atom. The van der Waals surface area contributed by atoms with Crippen molar-refractivity contribution in [1.29, 1.82) is 0 Å². The number of hydrogen-bond donors (Lipinski definition) is 1. The molecule has 3 aromatic carbocycles. The quantitative estimate of drug-likeness (QED) is 0.344. The Morgan fingerprint density at radius 3 is 2.63 bits per heavy atom. The number of carbonyl (C=O) groups is 2. The van der Waals surface area contributed by atoms with E-state index in [4.69, 9.17) is 21.1 Å². The van der Waals surface area contributed by atoms with Crippen molar-refractivity contribution in [1.82, 2.24) is 5.43 Å². The standard InChI is InChI=1S/C27H26ClN3O4/c1-2-34-25-14-19(12-13-24(25)35-18-20-8-6-7-11-23(20)28)16-29-30-27(33)21-15-26(32)31(17-21)22-9-4-3-5-10-22/h3-14,16,21H,2,15,17-18H2,1H3,(H,30,33)/b29-16-/t21-/m0/s1. The summed E-state index contributed by atoms with van der Waals surface area (Å²) in [6.45, 7) is 2.99. The van der Waals surface area contributed by atoms with Crippen LogP contribution >= 0.6 is 11.6 Å². The van der Waals surface area contributed by atoms with E-state index in [0.29, 0.717) is 36.3 Å². The van der Waals surface area contributed by atoms with Gasteiger partial charge in [-0.2, -0.15) is 5.10 Å². The van der Waals surface area contributed by atoms with Crippen LogP contribution in [0.5, 0.6) is 11.5 Å². The zero-order valence-corrected chi connectivity index (χ0v) is 20.1. The van der Waals surface area contributed by atoms with Crippen molar-refractivity contribution < 1.29 is 19.1 Å². The minimum absolute atomic E-state index is 0.0749. The molecule has 8 heteroatoms. The summed E-state index contributed by atoms with van der Waals surface area (Å²) in [4.78, 5) is 26.6. The highest BCUT2D eigenvalue weighted by Crippen LogP contribution is 2.30. The molecule has 7 nitrogen and oxygen atoms in total. The minimum atomic E-state index is -0.459. The van der Waals surface area contributed by atoms with Crippen LogP contribution < -0.4 is 19.8 Å². The van der Waals surface area contributed by atoms with Crippen LogP contribution in [0.2, 0.25) is 5.02 Å². The van der Waals surface area contributed by atoms with Gasteiger partial charge in [-0.05, 0) is 48.9 Å². The van der Waals surface area contributed by atoms with Crippen molar-refractivity contribution in [3.63, 3.8) is 0 Å². The molecular weight excluding hydrogens is 466 g/mol. The number of benzene rings is 3. The number of nitrogens with zero attached hydrogens (tertiary/aromatic N) is 2. The molecule has 0 aliphatic carbocycles. The van der Waals surface area contributed by atoms with Gasteiger partial charge in [0.1, 0.15) is 6.61 Å². The fourth-order valence-corrected chi connectivity index (χ4v) is 3.96. The average Bonchev–Trinajstić information content (AvgIpc) is 3.27. The number of rotatable bonds is 9. The summed E-state index contributed by atoms with van der Waals surface area (Å²) in [5.74, 6) is 0.319. The van der Waals surface area contributed by atoms with Gasteiger partial charge in [0.05, 0.1) is 18.7 Å². The first kappa shape index (κ1) is 24.3. The third-order valence-corrected chi connectivity index (χ3v) is 5.93. The van der Waals surface area contributed by atoms with E-state index in [0.717, 1.165) is 16.8 Å². The van der Waals surface area contributed by atoms with Crippen molar-refractivity contribution in [2.45, 2.75) is 20.0 Å². The molecule has 0 saturated carbocycles. The molecule has 180 valence electrons.